The van der Waals surface area contributed by atoms with Gasteiger partial charge >= 0.3 is 0 Å². The molecule has 0 amide bonds. The number of aryl methyl sites for hydroxylation is 1. The van der Waals surface area contributed by atoms with Gasteiger partial charge in [0.1, 0.15) is 5.75 Å². The number of halogens is 3. The SMILES string of the molecule is COCc1cnc(N2CCC(c3nc4c(c(C5CCC(F)(F)CC5)c3[C@@H](F)c3ccc(C)cc3)[C@@H](OCc3ccc(OC)cc3)CC(C)(C)C4)CC2)nc1. The van der Waals surface area contributed by atoms with Crippen LogP contribution in [-0.4, -0.2) is 48.2 Å². The molecular formula is C44H53F3N4O3. The second-order valence-electron chi connectivity index (χ2n) is 16.4. The summed E-state index contributed by atoms with van der Waals surface area (Å²) in [6.45, 7) is 8.65. The monoisotopic (exact) mass is 742 g/mol. The lowest BCUT2D eigenvalue weighted by Crippen LogP contribution is -2.36. The van der Waals surface area contributed by atoms with Crippen molar-refractivity contribution in [3.63, 3.8) is 0 Å². The topological polar surface area (TPSA) is 69.6 Å². The molecule has 0 unspecified atom stereocenters. The summed E-state index contributed by atoms with van der Waals surface area (Å²) in [6.07, 6.45) is 4.82. The Morgan fingerprint density at radius 2 is 1.50 bits per heavy atom. The number of anilines is 1. The number of benzene rings is 2. The van der Waals surface area contributed by atoms with Crippen molar-refractivity contribution in [2.45, 2.75) is 115 Å². The molecule has 2 aromatic carbocycles. The molecule has 1 aliphatic heterocycles. The number of methoxy groups -OCH3 is 2. The van der Waals surface area contributed by atoms with Crippen molar-refractivity contribution in [3.8, 4) is 5.75 Å². The molecule has 1 saturated carbocycles. The van der Waals surface area contributed by atoms with E-state index in [1.807, 2.05) is 55.5 Å². The van der Waals surface area contributed by atoms with E-state index in [1.165, 1.54) is 0 Å². The molecule has 3 heterocycles. The lowest BCUT2D eigenvalue weighted by molar-refractivity contribution is -0.0390. The fourth-order valence-corrected chi connectivity index (χ4v) is 8.74. The van der Waals surface area contributed by atoms with Gasteiger partial charge in [-0.15, -0.1) is 0 Å². The van der Waals surface area contributed by atoms with Crippen LogP contribution in [0.25, 0.3) is 0 Å². The van der Waals surface area contributed by atoms with Crippen LogP contribution in [0, 0.1) is 12.3 Å². The Kier molecular flexibility index (Phi) is 11.3. The molecule has 0 N–H and O–H groups in total. The average molecular weight is 743 g/mol. The summed E-state index contributed by atoms with van der Waals surface area (Å²) < 4.78 is 64.7. The van der Waals surface area contributed by atoms with Gasteiger partial charge in [0.25, 0.3) is 0 Å². The highest BCUT2D eigenvalue weighted by Gasteiger charge is 2.44. The Morgan fingerprint density at radius 3 is 2.13 bits per heavy atom. The van der Waals surface area contributed by atoms with Crippen LogP contribution in [0.15, 0.2) is 60.9 Å². The first-order chi connectivity index (χ1) is 25.9. The molecule has 1 saturated heterocycles. The second kappa shape index (κ2) is 16.0. The van der Waals surface area contributed by atoms with Gasteiger partial charge in [0.15, 0.2) is 6.17 Å². The van der Waals surface area contributed by atoms with Gasteiger partial charge in [0, 0.05) is 73.7 Å². The zero-order valence-corrected chi connectivity index (χ0v) is 32.2. The van der Waals surface area contributed by atoms with Crippen molar-refractivity contribution in [2.24, 2.45) is 5.41 Å². The number of hydrogen-bond acceptors (Lipinski definition) is 7. The van der Waals surface area contributed by atoms with Gasteiger partial charge in [-0.05, 0) is 85.6 Å². The van der Waals surface area contributed by atoms with Gasteiger partial charge in [0.05, 0.1) is 32.1 Å². The minimum absolute atomic E-state index is 0.0227. The fraction of sp³-hybridized carbons (Fsp3) is 0.523. The van der Waals surface area contributed by atoms with Crippen molar-refractivity contribution in [1.29, 1.82) is 0 Å². The van der Waals surface area contributed by atoms with E-state index in [2.05, 4.69) is 28.7 Å². The molecule has 0 spiro atoms. The lowest BCUT2D eigenvalue weighted by Gasteiger charge is -2.42. The molecule has 4 aromatic rings. The summed E-state index contributed by atoms with van der Waals surface area (Å²) in [5.74, 6) is -1.54. The molecular weight excluding hydrogens is 690 g/mol. The first kappa shape index (κ1) is 38.3. The number of piperidine rings is 1. The van der Waals surface area contributed by atoms with Gasteiger partial charge < -0.3 is 19.1 Å². The van der Waals surface area contributed by atoms with E-state index in [-0.39, 0.29) is 36.2 Å². The molecule has 288 valence electrons. The van der Waals surface area contributed by atoms with Crippen molar-refractivity contribution >= 4 is 5.95 Å². The molecule has 2 aromatic heterocycles. The molecule has 7 rings (SSSR count). The number of fused-ring (bicyclic) bond motifs is 1. The van der Waals surface area contributed by atoms with Crippen LogP contribution in [-0.2, 0) is 29.1 Å². The lowest BCUT2D eigenvalue weighted by atomic mass is 9.68. The van der Waals surface area contributed by atoms with Gasteiger partial charge in [-0.2, -0.15) is 0 Å². The van der Waals surface area contributed by atoms with Crippen LogP contribution in [0.2, 0.25) is 0 Å². The van der Waals surface area contributed by atoms with E-state index in [0.29, 0.717) is 62.6 Å². The summed E-state index contributed by atoms with van der Waals surface area (Å²) in [7, 11) is 3.29. The van der Waals surface area contributed by atoms with Crippen molar-refractivity contribution in [1.82, 2.24) is 15.0 Å². The number of alkyl halides is 3. The van der Waals surface area contributed by atoms with E-state index in [9.17, 15) is 8.78 Å². The van der Waals surface area contributed by atoms with Crippen LogP contribution in [0.1, 0.15) is 133 Å². The van der Waals surface area contributed by atoms with Crippen molar-refractivity contribution < 1.29 is 27.4 Å². The molecule has 0 bridgehead atoms. The fourth-order valence-electron chi connectivity index (χ4n) is 8.74. The maximum Gasteiger partial charge on any atom is 0.248 e. The van der Waals surface area contributed by atoms with Crippen molar-refractivity contribution in [3.05, 3.63) is 111 Å². The van der Waals surface area contributed by atoms with Crippen LogP contribution < -0.4 is 9.64 Å². The van der Waals surface area contributed by atoms with E-state index in [4.69, 9.17) is 19.2 Å². The third-order valence-electron chi connectivity index (χ3n) is 11.7. The number of rotatable bonds is 11. The van der Waals surface area contributed by atoms with Crippen LogP contribution in [0.5, 0.6) is 5.75 Å². The number of aromatic nitrogens is 3. The number of hydrogen-bond donors (Lipinski definition) is 0. The second-order valence-corrected chi connectivity index (χ2v) is 16.4. The van der Waals surface area contributed by atoms with Gasteiger partial charge in [-0.3, -0.25) is 4.98 Å². The average Bonchev–Trinajstić information content (AvgIpc) is 3.16. The number of nitrogens with zero attached hydrogens (tertiary/aromatic N) is 4. The van der Waals surface area contributed by atoms with Crippen LogP contribution >= 0.6 is 0 Å². The zero-order chi connectivity index (χ0) is 38.0. The number of ether oxygens (including phenoxy) is 3. The maximum atomic E-state index is 17.7. The molecule has 7 nitrogen and oxygen atoms in total. The maximum absolute atomic E-state index is 17.7. The molecule has 3 aliphatic rings. The Hall–Kier alpha value is -4.02. The molecule has 54 heavy (non-hydrogen) atoms. The summed E-state index contributed by atoms with van der Waals surface area (Å²) in [5, 5.41) is 0. The summed E-state index contributed by atoms with van der Waals surface area (Å²) in [4.78, 5) is 16.9. The molecule has 0 radical (unpaired) electrons. The smallest absolute Gasteiger partial charge is 0.248 e. The molecule has 2 fully saturated rings. The number of pyridine rings is 1. The minimum atomic E-state index is -2.72. The van der Waals surface area contributed by atoms with E-state index in [0.717, 1.165) is 64.2 Å². The highest BCUT2D eigenvalue weighted by molar-refractivity contribution is 5.51. The van der Waals surface area contributed by atoms with Gasteiger partial charge in [-0.1, -0.05) is 55.8 Å². The van der Waals surface area contributed by atoms with E-state index < -0.39 is 12.1 Å². The van der Waals surface area contributed by atoms with Crippen LogP contribution in [0.4, 0.5) is 19.1 Å². The van der Waals surface area contributed by atoms with Crippen LogP contribution in [0.3, 0.4) is 0 Å². The summed E-state index contributed by atoms with van der Waals surface area (Å²) in [6, 6.07) is 15.4. The molecule has 10 heteroatoms. The quantitative estimate of drug-likeness (QED) is 0.152. The third kappa shape index (κ3) is 8.45. The third-order valence-corrected chi connectivity index (χ3v) is 11.7. The highest BCUT2D eigenvalue weighted by Crippen LogP contribution is 2.53. The molecule has 2 atom stereocenters. The Balaban J connectivity index is 1.32. The van der Waals surface area contributed by atoms with E-state index >= 15 is 4.39 Å². The van der Waals surface area contributed by atoms with Gasteiger partial charge in [-0.25, -0.2) is 23.1 Å². The standard InChI is InChI=1S/C44H53F3N4O3/c1-28-6-10-32(11-7-28)40(45)39-37(31-14-18-44(46,47)19-15-31)38-35(22-43(2,3)23-36(38)54-27-29-8-12-34(53-5)13-9-29)50-41(39)33-16-20-51(21-17-33)42-48-24-30(25-49-42)26-52-4/h6-13,24-25,31,33,36,40H,14-23,26-27H2,1-5H3/t36-,40-/m0/s1. The summed E-state index contributed by atoms with van der Waals surface area (Å²) >= 11 is 0. The Labute approximate surface area is 317 Å². The largest absolute Gasteiger partial charge is 0.497 e. The zero-order valence-electron chi connectivity index (χ0n) is 32.2. The predicted molar refractivity (Wildman–Crippen MR) is 204 cm³/mol. The van der Waals surface area contributed by atoms with Crippen molar-refractivity contribution in [2.75, 3.05) is 32.2 Å². The van der Waals surface area contributed by atoms with Gasteiger partial charge in [0.2, 0.25) is 11.9 Å². The molecule has 2 aliphatic carbocycles. The van der Waals surface area contributed by atoms with E-state index in [1.54, 1.807) is 26.6 Å². The summed E-state index contributed by atoms with van der Waals surface area (Å²) in [5.41, 5.74) is 7.43. The predicted octanol–water partition coefficient (Wildman–Crippen LogP) is 10.3. The normalized spacial score (nSPS) is 20.7. The highest BCUT2D eigenvalue weighted by atomic mass is 19.3. The first-order valence-electron chi connectivity index (χ1n) is 19.4. The Bertz CT molecular complexity index is 1870. The minimum Gasteiger partial charge on any atom is -0.497 e. The Morgan fingerprint density at radius 1 is 0.833 bits per heavy atom. The first-order valence-corrected chi connectivity index (χ1v) is 19.4.